The van der Waals surface area contributed by atoms with Crippen LogP contribution in [0.25, 0.3) is 0 Å². The summed E-state index contributed by atoms with van der Waals surface area (Å²) in [5, 5.41) is 0. The molecule has 4 N–H and O–H groups in total. The predicted molar refractivity (Wildman–Crippen MR) is 43.5 cm³/mol. The summed E-state index contributed by atoms with van der Waals surface area (Å²) in [6.45, 7) is 2.95. The van der Waals surface area contributed by atoms with Crippen molar-refractivity contribution in [3.63, 3.8) is 0 Å². The Hall–Kier alpha value is -0.0800. The molecule has 60 valence electrons. The molecule has 1 rings (SSSR count). The lowest BCUT2D eigenvalue weighted by Crippen LogP contribution is -2.33. The molecule has 1 atom stereocenters. The lowest BCUT2D eigenvalue weighted by Gasteiger charge is -2.35. The van der Waals surface area contributed by atoms with Gasteiger partial charge in [-0.1, -0.05) is 0 Å². The van der Waals surface area contributed by atoms with E-state index < -0.39 is 0 Å². The van der Waals surface area contributed by atoms with Gasteiger partial charge in [0, 0.05) is 6.04 Å². The summed E-state index contributed by atoms with van der Waals surface area (Å²) in [6.07, 6.45) is 3.83. The highest BCUT2D eigenvalue weighted by atomic mass is 14.6. The van der Waals surface area contributed by atoms with E-state index in [0.717, 1.165) is 18.4 Å². The van der Waals surface area contributed by atoms with Crippen molar-refractivity contribution in [1.29, 1.82) is 0 Å². The van der Waals surface area contributed by atoms with Gasteiger partial charge in [-0.15, -0.1) is 0 Å². The van der Waals surface area contributed by atoms with Gasteiger partial charge in [0.05, 0.1) is 0 Å². The van der Waals surface area contributed by atoms with Crippen LogP contribution in [0.15, 0.2) is 0 Å². The van der Waals surface area contributed by atoms with Gasteiger partial charge in [0.1, 0.15) is 0 Å². The van der Waals surface area contributed by atoms with E-state index in [1.807, 2.05) is 0 Å². The first-order valence-corrected chi connectivity index (χ1v) is 4.18. The van der Waals surface area contributed by atoms with Gasteiger partial charge in [-0.3, -0.25) is 0 Å². The Bertz CT molecular complexity index is 95.4. The molecule has 1 aliphatic carbocycles. The van der Waals surface area contributed by atoms with E-state index in [1.165, 1.54) is 19.3 Å². The van der Waals surface area contributed by atoms with Crippen LogP contribution in [-0.2, 0) is 0 Å². The van der Waals surface area contributed by atoms with E-state index in [2.05, 4.69) is 6.92 Å². The fourth-order valence-corrected chi connectivity index (χ4v) is 1.78. The van der Waals surface area contributed by atoms with Gasteiger partial charge in [0.2, 0.25) is 0 Å². The molecule has 10 heavy (non-hydrogen) atoms. The van der Waals surface area contributed by atoms with Crippen LogP contribution in [0.2, 0.25) is 0 Å². The molecule has 0 radical (unpaired) electrons. The van der Waals surface area contributed by atoms with Crippen LogP contribution in [0.1, 0.15) is 26.2 Å². The number of hydrogen-bond donors (Lipinski definition) is 2. The van der Waals surface area contributed by atoms with Crippen molar-refractivity contribution >= 4 is 0 Å². The Morgan fingerprint density at radius 2 is 2.00 bits per heavy atom. The van der Waals surface area contributed by atoms with Gasteiger partial charge < -0.3 is 11.5 Å². The van der Waals surface area contributed by atoms with Crippen molar-refractivity contribution in [3.05, 3.63) is 0 Å². The van der Waals surface area contributed by atoms with E-state index in [0.29, 0.717) is 6.04 Å². The maximum absolute atomic E-state index is 5.66. The molecule has 0 amide bonds. The number of rotatable bonds is 3. The maximum atomic E-state index is 5.66. The summed E-state index contributed by atoms with van der Waals surface area (Å²) in [6, 6.07) is 0.378. The van der Waals surface area contributed by atoms with Crippen LogP contribution >= 0.6 is 0 Å². The van der Waals surface area contributed by atoms with Gasteiger partial charge in [0.25, 0.3) is 0 Å². The van der Waals surface area contributed by atoms with Crippen molar-refractivity contribution in [3.8, 4) is 0 Å². The smallest absolute Gasteiger partial charge is 0.00131 e. The second-order valence-electron chi connectivity index (χ2n) is 3.65. The third-order valence-electron chi connectivity index (χ3n) is 2.37. The Labute approximate surface area is 63.0 Å². The molecule has 0 aliphatic heterocycles. The molecule has 0 heterocycles. The van der Waals surface area contributed by atoms with E-state index >= 15 is 0 Å². The van der Waals surface area contributed by atoms with Crippen molar-refractivity contribution in [2.45, 2.75) is 32.2 Å². The second kappa shape index (κ2) is 3.35. The standard InChI is InChI=1S/C8H18N2/c1-6(10)2-7-3-8(4-7)5-9/h6-8H,2-5,9-10H2,1H3. The van der Waals surface area contributed by atoms with Gasteiger partial charge in [-0.2, -0.15) is 0 Å². The maximum Gasteiger partial charge on any atom is 0.00131 e. The highest BCUT2D eigenvalue weighted by Gasteiger charge is 2.27. The van der Waals surface area contributed by atoms with Gasteiger partial charge >= 0.3 is 0 Å². The molecule has 0 bridgehead atoms. The minimum absolute atomic E-state index is 0.378. The zero-order chi connectivity index (χ0) is 7.56. The van der Waals surface area contributed by atoms with Gasteiger partial charge in [0.15, 0.2) is 0 Å². The summed E-state index contributed by atoms with van der Waals surface area (Å²) < 4.78 is 0. The van der Waals surface area contributed by atoms with Crippen LogP contribution < -0.4 is 11.5 Å². The molecule has 1 saturated carbocycles. The average Bonchev–Trinajstić information content (AvgIpc) is 1.76. The SMILES string of the molecule is CC(N)CC1CC(CN)C1. The minimum atomic E-state index is 0.378. The minimum Gasteiger partial charge on any atom is -0.330 e. The highest BCUT2D eigenvalue weighted by Crippen LogP contribution is 2.35. The quantitative estimate of drug-likeness (QED) is 0.609. The zero-order valence-electron chi connectivity index (χ0n) is 6.72. The first-order chi connectivity index (χ1) is 4.72. The van der Waals surface area contributed by atoms with Crippen molar-refractivity contribution in [1.82, 2.24) is 0 Å². The van der Waals surface area contributed by atoms with E-state index in [4.69, 9.17) is 11.5 Å². The highest BCUT2D eigenvalue weighted by molar-refractivity contribution is 4.81. The Morgan fingerprint density at radius 1 is 1.40 bits per heavy atom. The molecule has 1 aliphatic rings. The van der Waals surface area contributed by atoms with Crippen LogP contribution in [-0.4, -0.2) is 12.6 Å². The Balaban J connectivity index is 2.03. The van der Waals surface area contributed by atoms with Crippen molar-refractivity contribution in [2.75, 3.05) is 6.54 Å². The summed E-state index contributed by atoms with van der Waals surface area (Å²) in [4.78, 5) is 0. The van der Waals surface area contributed by atoms with Crippen LogP contribution in [0.3, 0.4) is 0 Å². The summed E-state index contributed by atoms with van der Waals surface area (Å²) in [5.74, 6) is 1.69. The first-order valence-electron chi connectivity index (χ1n) is 4.18. The number of nitrogens with two attached hydrogens (primary N) is 2. The third-order valence-corrected chi connectivity index (χ3v) is 2.37. The fourth-order valence-electron chi connectivity index (χ4n) is 1.78. The zero-order valence-corrected chi connectivity index (χ0v) is 6.72. The van der Waals surface area contributed by atoms with E-state index in [-0.39, 0.29) is 0 Å². The first kappa shape index (κ1) is 8.02. The molecule has 1 unspecified atom stereocenters. The lowest BCUT2D eigenvalue weighted by molar-refractivity contribution is 0.181. The molecule has 2 nitrogen and oxygen atoms in total. The average molecular weight is 142 g/mol. The molecule has 0 aromatic rings. The molecular formula is C8H18N2. The van der Waals surface area contributed by atoms with Crippen molar-refractivity contribution in [2.24, 2.45) is 23.3 Å². The second-order valence-corrected chi connectivity index (χ2v) is 3.65. The Morgan fingerprint density at radius 3 is 2.40 bits per heavy atom. The summed E-state index contributed by atoms with van der Waals surface area (Å²) in [7, 11) is 0. The lowest BCUT2D eigenvalue weighted by atomic mass is 9.72. The van der Waals surface area contributed by atoms with Gasteiger partial charge in [-0.25, -0.2) is 0 Å². The summed E-state index contributed by atoms with van der Waals surface area (Å²) in [5.41, 5.74) is 11.2. The monoisotopic (exact) mass is 142 g/mol. The molecule has 2 heteroatoms. The molecular weight excluding hydrogens is 124 g/mol. The summed E-state index contributed by atoms with van der Waals surface area (Å²) >= 11 is 0. The largest absolute Gasteiger partial charge is 0.330 e. The normalized spacial score (nSPS) is 35.1. The Kier molecular flexibility index (Phi) is 2.69. The molecule has 0 saturated heterocycles. The van der Waals surface area contributed by atoms with Crippen LogP contribution in [0.4, 0.5) is 0 Å². The van der Waals surface area contributed by atoms with Crippen LogP contribution in [0.5, 0.6) is 0 Å². The molecule has 0 spiro atoms. The van der Waals surface area contributed by atoms with Crippen molar-refractivity contribution < 1.29 is 0 Å². The van der Waals surface area contributed by atoms with Crippen LogP contribution in [0, 0.1) is 11.8 Å². The van der Waals surface area contributed by atoms with E-state index in [1.54, 1.807) is 0 Å². The van der Waals surface area contributed by atoms with E-state index in [9.17, 15) is 0 Å². The predicted octanol–water partition coefficient (Wildman–Crippen LogP) is 0.709. The molecule has 1 fully saturated rings. The molecule has 0 aromatic heterocycles. The number of hydrogen-bond acceptors (Lipinski definition) is 2. The fraction of sp³-hybridized carbons (Fsp3) is 1.00. The third kappa shape index (κ3) is 1.96. The molecule has 0 aromatic carbocycles. The topological polar surface area (TPSA) is 52.0 Å². The van der Waals surface area contributed by atoms with Gasteiger partial charge in [-0.05, 0) is 44.6 Å².